The molecule has 1 fully saturated rings. The van der Waals surface area contributed by atoms with Crippen LogP contribution >= 0.6 is 0 Å². The Balaban J connectivity index is 1.98. The third-order valence-electron chi connectivity index (χ3n) is 4.75. The van der Waals surface area contributed by atoms with Crippen molar-refractivity contribution in [2.75, 3.05) is 41.5 Å². The van der Waals surface area contributed by atoms with Gasteiger partial charge in [-0.15, -0.1) is 0 Å². The van der Waals surface area contributed by atoms with Crippen molar-refractivity contribution in [2.45, 2.75) is 0 Å². The molecule has 0 saturated carbocycles. The molecule has 1 aliphatic heterocycles. The number of hydrogen-bond donors (Lipinski definition) is 1. The highest BCUT2D eigenvalue weighted by Crippen LogP contribution is 2.29. The van der Waals surface area contributed by atoms with Crippen LogP contribution in [0.2, 0.25) is 0 Å². The largest absolute Gasteiger partial charge is 0.497 e. The predicted octanol–water partition coefficient (Wildman–Crippen LogP) is 3.36. The fourth-order valence-corrected chi connectivity index (χ4v) is 3.21. The summed E-state index contributed by atoms with van der Waals surface area (Å²) >= 11 is 0. The third-order valence-corrected chi connectivity index (χ3v) is 4.75. The summed E-state index contributed by atoms with van der Waals surface area (Å²) in [5, 5.41) is 3.29. The first-order chi connectivity index (χ1) is 14.1. The summed E-state index contributed by atoms with van der Waals surface area (Å²) < 4.78 is 21.4. The van der Waals surface area contributed by atoms with Crippen molar-refractivity contribution >= 4 is 17.9 Å². The Morgan fingerprint density at radius 2 is 1.17 bits per heavy atom. The second-order valence-corrected chi connectivity index (χ2v) is 6.49. The minimum Gasteiger partial charge on any atom is -0.497 e. The maximum Gasteiger partial charge on any atom is 0.187 e. The van der Waals surface area contributed by atoms with Gasteiger partial charge in [0.1, 0.15) is 23.0 Å². The van der Waals surface area contributed by atoms with E-state index in [2.05, 4.69) is 5.32 Å². The number of carbonyl (C=O) groups excluding carboxylic acids is 1. The highest BCUT2D eigenvalue weighted by Gasteiger charge is 2.21. The predicted molar refractivity (Wildman–Crippen MR) is 113 cm³/mol. The van der Waals surface area contributed by atoms with E-state index in [-0.39, 0.29) is 5.78 Å². The minimum absolute atomic E-state index is 0.0153. The van der Waals surface area contributed by atoms with Gasteiger partial charge in [0.2, 0.25) is 0 Å². The van der Waals surface area contributed by atoms with Gasteiger partial charge in [-0.25, -0.2) is 0 Å². The number of ketones is 1. The summed E-state index contributed by atoms with van der Waals surface area (Å²) in [5.74, 6) is 2.74. The van der Waals surface area contributed by atoms with E-state index in [9.17, 15) is 4.79 Å². The number of rotatable bonds is 6. The molecule has 0 bridgehead atoms. The molecule has 0 amide bonds. The van der Waals surface area contributed by atoms with Gasteiger partial charge in [0.15, 0.2) is 5.78 Å². The van der Waals surface area contributed by atoms with E-state index in [1.165, 1.54) is 0 Å². The van der Waals surface area contributed by atoms with Gasteiger partial charge in [-0.05, 0) is 48.6 Å². The van der Waals surface area contributed by atoms with Crippen molar-refractivity contribution < 1.29 is 23.7 Å². The molecule has 0 atom stereocenters. The molecule has 29 heavy (non-hydrogen) atoms. The molecular formula is C23H25NO5. The number of piperidine rings is 1. The average Bonchev–Trinajstić information content (AvgIpc) is 2.76. The fraction of sp³-hybridized carbons (Fsp3) is 0.261. The lowest BCUT2D eigenvalue weighted by Gasteiger charge is -2.19. The van der Waals surface area contributed by atoms with Gasteiger partial charge in [-0.1, -0.05) is 0 Å². The van der Waals surface area contributed by atoms with Crippen molar-refractivity contribution in [1.82, 2.24) is 5.32 Å². The van der Waals surface area contributed by atoms with Crippen LogP contribution in [0.15, 0.2) is 47.5 Å². The highest BCUT2D eigenvalue weighted by molar-refractivity contribution is 6.14. The average molecular weight is 395 g/mol. The molecule has 6 nitrogen and oxygen atoms in total. The van der Waals surface area contributed by atoms with Crippen LogP contribution in [0.3, 0.4) is 0 Å². The smallest absolute Gasteiger partial charge is 0.187 e. The van der Waals surface area contributed by atoms with E-state index in [0.717, 1.165) is 11.1 Å². The third kappa shape index (κ3) is 4.60. The van der Waals surface area contributed by atoms with E-state index >= 15 is 0 Å². The molecule has 1 saturated heterocycles. The van der Waals surface area contributed by atoms with Crippen LogP contribution < -0.4 is 24.3 Å². The normalized spacial score (nSPS) is 16.8. The molecule has 0 spiro atoms. The Bertz CT molecular complexity index is 886. The number of benzene rings is 2. The number of methoxy groups -OCH3 is 4. The Morgan fingerprint density at radius 3 is 1.55 bits per heavy atom. The summed E-state index contributed by atoms with van der Waals surface area (Å²) in [5.41, 5.74) is 2.88. The highest BCUT2D eigenvalue weighted by atomic mass is 16.5. The maximum atomic E-state index is 13.1. The standard InChI is InChI=1S/C23H25NO5/c1-26-19-5-7-21(28-3)15(11-19)9-17-13-24-14-18(23(17)25)10-16-12-20(27-2)6-8-22(16)29-4/h5-12,24H,13-14H2,1-4H3/b17-9+,18-10+. The molecule has 152 valence electrons. The van der Waals surface area contributed by atoms with E-state index in [1.807, 2.05) is 48.6 Å². The molecule has 0 unspecified atom stereocenters. The molecule has 2 aromatic rings. The van der Waals surface area contributed by atoms with Crippen LogP contribution in [0.5, 0.6) is 23.0 Å². The number of carbonyl (C=O) groups is 1. The van der Waals surface area contributed by atoms with Crippen molar-refractivity contribution in [2.24, 2.45) is 0 Å². The van der Waals surface area contributed by atoms with Crippen LogP contribution in [0.1, 0.15) is 11.1 Å². The van der Waals surface area contributed by atoms with E-state index < -0.39 is 0 Å². The summed E-state index contributed by atoms with van der Waals surface area (Å²) in [4.78, 5) is 13.1. The van der Waals surface area contributed by atoms with Crippen LogP contribution in [0.4, 0.5) is 0 Å². The second kappa shape index (κ2) is 9.30. The lowest BCUT2D eigenvalue weighted by atomic mass is 9.95. The summed E-state index contributed by atoms with van der Waals surface area (Å²) in [6.07, 6.45) is 3.68. The molecule has 1 N–H and O–H groups in total. The zero-order valence-electron chi connectivity index (χ0n) is 17.1. The fourth-order valence-electron chi connectivity index (χ4n) is 3.21. The monoisotopic (exact) mass is 395 g/mol. The van der Waals surface area contributed by atoms with Crippen molar-refractivity contribution in [3.63, 3.8) is 0 Å². The lowest BCUT2D eigenvalue weighted by molar-refractivity contribution is -0.112. The molecule has 0 aliphatic carbocycles. The maximum absolute atomic E-state index is 13.1. The Labute approximate surface area is 170 Å². The number of ether oxygens (including phenoxy) is 4. The molecule has 2 aromatic carbocycles. The topological polar surface area (TPSA) is 66.0 Å². The molecule has 6 heteroatoms. The summed E-state index contributed by atoms with van der Waals surface area (Å²) in [6.45, 7) is 0.956. The van der Waals surface area contributed by atoms with Gasteiger partial charge in [0, 0.05) is 35.4 Å². The first kappa shape index (κ1) is 20.5. The van der Waals surface area contributed by atoms with Crippen LogP contribution in [-0.2, 0) is 4.79 Å². The van der Waals surface area contributed by atoms with Gasteiger partial charge < -0.3 is 24.3 Å². The van der Waals surface area contributed by atoms with Gasteiger partial charge in [0.05, 0.1) is 28.4 Å². The van der Waals surface area contributed by atoms with Gasteiger partial charge in [0.25, 0.3) is 0 Å². The zero-order chi connectivity index (χ0) is 20.8. The number of Topliss-reactive ketones (excluding diaryl/α,β-unsaturated/α-hetero) is 1. The van der Waals surface area contributed by atoms with E-state index in [0.29, 0.717) is 47.2 Å². The Kier molecular flexibility index (Phi) is 6.57. The van der Waals surface area contributed by atoms with Gasteiger partial charge in [-0.3, -0.25) is 4.79 Å². The van der Waals surface area contributed by atoms with Crippen LogP contribution in [-0.4, -0.2) is 47.3 Å². The quantitative estimate of drug-likeness (QED) is 0.757. The summed E-state index contributed by atoms with van der Waals surface area (Å²) in [7, 11) is 6.42. The van der Waals surface area contributed by atoms with Crippen molar-refractivity contribution in [3.8, 4) is 23.0 Å². The van der Waals surface area contributed by atoms with E-state index in [4.69, 9.17) is 18.9 Å². The first-order valence-electron chi connectivity index (χ1n) is 9.20. The molecule has 0 radical (unpaired) electrons. The number of nitrogens with one attached hydrogen (secondary N) is 1. The van der Waals surface area contributed by atoms with Gasteiger partial charge in [-0.2, -0.15) is 0 Å². The molecule has 1 heterocycles. The summed E-state index contributed by atoms with van der Waals surface area (Å²) in [6, 6.07) is 11.0. The lowest BCUT2D eigenvalue weighted by Crippen LogP contribution is -2.32. The van der Waals surface area contributed by atoms with E-state index in [1.54, 1.807) is 28.4 Å². The zero-order valence-corrected chi connectivity index (χ0v) is 17.1. The molecule has 0 aromatic heterocycles. The second-order valence-electron chi connectivity index (χ2n) is 6.49. The molecule has 1 aliphatic rings. The van der Waals surface area contributed by atoms with Crippen LogP contribution in [0.25, 0.3) is 12.2 Å². The molecular weight excluding hydrogens is 370 g/mol. The first-order valence-corrected chi connectivity index (χ1v) is 9.20. The van der Waals surface area contributed by atoms with Crippen molar-refractivity contribution in [1.29, 1.82) is 0 Å². The van der Waals surface area contributed by atoms with Gasteiger partial charge >= 0.3 is 0 Å². The number of hydrogen-bond acceptors (Lipinski definition) is 6. The SMILES string of the molecule is COc1ccc(OC)c(/C=C2\CNC/C(=C\c3cc(OC)ccc3OC)C2=O)c1. The van der Waals surface area contributed by atoms with Crippen molar-refractivity contribution in [3.05, 3.63) is 58.7 Å². The van der Waals surface area contributed by atoms with Crippen LogP contribution in [0, 0.1) is 0 Å². The molecule has 3 rings (SSSR count). The minimum atomic E-state index is -0.0153. The Hall–Kier alpha value is -3.25. The Morgan fingerprint density at radius 1 is 0.724 bits per heavy atom.